The highest BCUT2D eigenvalue weighted by Crippen LogP contribution is 2.26. The van der Waals surface area contributed by atoms with Crippen LogP contribution < -0.4 is 4.74 Å². The van der Waals surface area contributed by atoms with Crippen LogP contribution in [0.5, 0.6) is 5.75 Å². The molecule has 0 radical (unpaired) electrons. The Bertz CT molecular complexity index is 424. The first-order chi connectivity index (χ1) is 8.45. The molecule has 1 heterocycles. The fraction of sp³-hybridized carbons (Fsp3) is 0.583. The van der Waals surface area contributed by atoms with Gasteiger partial charge in [-0.3, -0.25) is 0 Å². The van der Waals surface area contributed by atoms with E-state index < -0.39 is 4.92 Å². The number of pyridine rings is 1. The van der Waals surface area contributed by atoms with Crippen molar-refractivity contribution in [2.45, 2.75) is 20.8 Å². The minimum absolute atomic E-state index is 0.216. The second kappa shape index (κ2) is 6.68. The predicted molar refractivity (Wildman–Crippen MR) is 73.2 cm³/mol. The van der Waals surface area contributed by atoms with E-state index in [9.17, 15) is 10.1 Å². The Hall–Kier alpha value is -1.17. The maximum atomic E-state index is 10.9. The molecule has 0 aliphatic rings. The summed E-state index contributed by atoms with van der Waals surface area (Å²) in [5.41, 5.74) is 0.606. The molecule has 0 aliphatic heterocycles. The van der Waals surface area contributed by atoms with Crippen LogP contribution in [-0.4, -0.2) is 21.8 Å². The molecule has 0 spiro atoms. The van der Waals surface area contributed by atoms with Gasteiger partial charge in [-0.2, -0.15) is 0 Å². The zero-order valence-electron chi connectivity index (χ0n) is 10.7. The standard InChI is InChI=1S/C12H17BrN2O3/c1-8(2)10(6-13)7-18-11-5-4-9(3)14-12(11)15(16)17/h4-5,8,10H,6-7H2,1-3H3. The second-order valence-electron chi connectivity index (χ2n) is 4.50. The summed E-state index contributed by atoms with van der Waals surface area (Å²) in [5.74, 6) is 0.775. The van der Waals surface area contributed by atoms with Crippen molar-refractivity contribution in [3.05, 3.63) is 27.9 Å². The molecule has 0 fully saturated rings. The number of aryl methyl sites for hydroxylation is 1. The van der Waals surface area contributed by atoms with E-state index >= 15 is 0 Å². The number of rotatable bonds is 6. The van der Waals surface area contributed by atoms with E-state index in [4.69, 9.17) is 4.74 Å². The molecular weight excluding hydrogens is 300 g/mol. The molecule has 100 valence electrons. The quantitative estimate of drug-likeness (QED) is 0.458. The van der Waals surface area contributed by atoms with Gasteiger partial charge < -0.3 is 14.9 Å². The highest BCUT2D eigenvalue weighted by atomic mass is 79.9. The Morgan fingerprint density at radius 3 is 2.67 bits per heavy atom. The van der Waals surface area contributed by atoms with E-state index in [1.165, 1.54) is 0 Å². The molecule has 6 heteroatoms. The van der Waals surface area contributed by atoms with Gasteiger partial charge in [0.15, 0.2) is 0 Å². The van der Waals surface area contributed by atoms with Gasteiger partial charge in [0, 0.05) is 18.2 Å². The van der Waals surface area contributed by atoms with Gasteiger partial charge in [-0.05, 0) is 28.0 Å². The maximum Gasteiger partial charge on any atom is 0.406 e. The molecular formula is C12H17BrN2O3. The van der Waals surface area contributed by atoms with Gasteiger partial charge in [-0.25, -0.2) is 0 Å². The maximum absolute atomic E-state index is 10.9. The van der Waals surface area contributed by atoms with Crippen LogP contribution >= 0.6 is 15.9 Å². The zero-order valence-corrected chi connectivity index (χ0v) is 12.3. The molecule has 0 bridgehead atoms. The zero-order chi connectivity index (χ0) is 13.7. The van der Waals surface area contributed by atoms with E-state index in [0.717, 1.165) is 5.33 Å². The van der Waals surface area contributed by atoms with Crippen molar-refractivity contribution in [2.75, 3.05) is 11.9 Å². The Morgan fingerprint density at radius 2 is 2.17 bits per heavy atom. The van der Waals surface area contributed by atoms with E-state index in [-0.39, 0.29) is 11.6 Å². The minimum atomic E-state index is -0.513. The van der Waals surface area contributed by atoms with Crippen molar-refractivity contribution in [1.29, 1.82) is 0 Å². The average Bonchev–Trinajstić information content (AvgIpc) is 2.30. The molecule has 0 N–H and O–H groups in total. The van der Waals surface area contributed by atoms with Crippen LogP contribution in [0.2, 0.25) is 0 Å². The normalized spacial score (nSPS) is 12.5. The molecule has 1 atom stereocenters. The van der Waals surface area contributed by atoms with Crippen LogP contribution in [0, 0.1) is 28.9 Å². The number of alkyl halides is 1. The van der Waals surface area contributed by atoms with Gasteiger partial charge in [-0.15, -0.1) is 0 Å². The van der Waals surface area contributed by atoms with Gasteiger partial charge in [0.25, 0.3) is 0 Å². The SMILES string of the molecule is Cc1ccc(OCC(CBr)C(C)C)c([N+](=O)[O-])n1. The first kappa shape index (κ1) is 14.9. The molecule has 1 aromatic rings. The second-order valence-corrected chi connectivity index (χ2v) is 5.15. The van der Waals surface area contributed by atoms with E-state index in [1.54, 1.807) is 19.1 Å². The number of halogens is 1. The van der Waals surface area contributed by atoms with Gasteiger partial charge in [0.05, 0.1) is 6.61 Å². The van der Waals surface area contributed by atoms with Crippen LogP contribution in [-0.2, 0) is 0 Å². The average molecular weight is 317 g/mol. The van der Waals surface area contributed by atoms with Gasteiger partial charge in [0.1, 0.15) is 5.69 Å². The molecule has 1 rings (SSSR count). The summed E-state index contributed by atoms with van der Waals surface area (Å²) >= 11 is 3.42. The van der Waals surface area contributed by atoms with Crippen molar-refractivity contribution < 1.29 is 9.66 Å². The van der Waals surface area contributed by atoms with Crippen molar-refractivity contribution in [3.63, 3.8) is 0 Å². The fourth-order valence-electron chi connectivity index (χ4n) is 1.39. The summed E-state index contributed by atoms with van der Waals surface area (Å²) in [6.07, 6.45) is 0. The molecule has 0 saturated heterocycles. The summed E-state index contributed by atoms with van der Waals surface area (Å²) < 4.78 is 5.53. The number of aromatic nitrogens is 1. The lowest BCUT2D eigenvalue weighted by molar-refractivity contribution is -0.390. The monoisotopic (exact) mass is 316 g/mol. The minimum Gasteiger partial charge on any atom is -0.485 e. The summed E-state index contributed by atoms with van der Waals surface area (Å²) in [4.78, 5) is 14.2. The smallest absolute Gasteiger partial charge is 0.406 e. The first-order valence-electron chi connectivity index (χ1n) is 5.76. The Kier molecular flexibility index (Phi) is 5.53. The predicted octanol–water partition coefficient (Wildman–Crippen LogP) is 3.34. The Balaban J connectivity index is 2.81. The Labute approximate surface area is 115 Å². The van der Waals surface area contributed by atoms with Crippen LogP contribution in [0.1, 0.15) is 19.5 Å². The number of nitrogens with zero attached hydrogens (tertiary/aromatic N) is 2. The first-order valence-corrected chi connectivity index (χ1v) is 6.88. The largest absolute Gasteiger partial charge is 0.485 e. The van der Waals surface area contributed by atoms with Gasteiger partial charge >= 0.3 is 5.82 Å². The summed E-state index contributed by atoms with van der Waals surface area (Å²) in [5, 5.41) is 11.7. The molecule has 5 nitrogen and oxygen atoms in total. The number of ether oxygens (including phenoxy) is 1. The van der Waals surface area contributed by atoms with E-state index in [2.05, 4.69) is 34.8 Å². The lowest BCUT2D eigenvalue weighted by atomic mass is 9.99. The van der Waals surface area contributed by atoms with Crippen LogP contribution in [0.4, 0.5) is 5.82 Å². The lowest BCUT2D eigenvalue weighted by Gasteiger charge is -2.18. The van der Waals surface area contributed by atoms with Crippen molar-refractivity contribution in [2.24, 2.45) is 11.8 Å². The molecule has 0 aromatic carbocycles. The van der Waals surface area contributed by atoms with Crippen molar-refractivity contribution in [3.8, 4) is 5.75 Å². The summed E-state index contributed by atoms with van der Waals surface area (Å²) in [6.45, 7) is 6.34. The Morgan fingerprint density at radius 1 is 1.50 bits per heavy atom. The number of hydrogen-bond acceptors (Lipinski definition) is 4. The third-order valence-electron chi connectivity index (χ3n) is 2.75. The van der Waals surface area contributed by atoms with Crippen LogP contribution in [0.25, 0.3) is 0 Å². The molecule has 18 heavy (non-hydrogen) atoms. The molecule has 0 saturated carbocycles. The highest BCUT2D eigenvalue weighted by Gasteiger charge is 2.20. The molecule has 0 amide bonds. The molecule has 1 unspecified atom stereocenters. The van der Waals surface area contributed by atoms with Gasteiger partial charge in [-0.1, -0.05) is 29.8 Å². The van der Waals surface area contributed by atoms with Crippen LogP contribution in [0.15, 0.2) is 12.1 Å². The third kappa shape index (κ3) is 3.94. The molecule has 1 aromatic heterocycles. The number of hydrogen-bond donors (Lipinski definition) is 0. The summed E-state index contributed by atoms with van der Waals surface area (Å²) in [7, 11) is 0. The topological polar surface area (TPSA) is 65.3 Å². The van der Waals surface area contributed by atoms with E-state index in [0.29, 0.717) is 24.1 Å². The lowest BCUT2D eigenvalue weighted by Crippen LogP contribution is -2.19. The fourth-order valence-corrected chi connectivity index (χ4v) is 2.32. The van der Waals surface area contributed by atoms with Crippen molar-refractivity contribution >= 4 is 21.7 Å². The summed E-state index contributed by atoms with van der Waals surface area (Å²) in [6, 6.07) is 3.31. The number of nitro groups is 1. The van der Waals surface area contributed by atoms with Gasteiger partial charge in [0.2, 0.25) is 5.75 Å². The van der Waals surface area contributed by atoms with E-state index in [1.807, 2.05) is 0 Å². The van der Waals surface area contributed by atoms with Crippen molar-refractivity contribution in [1.82, 2.24) is 4.98 Å². The highest BCUT2D eigenvalue weighted by molar-refractivity contribution is 9.09. The molecule has 0 aliphatic carbocycles. The van der Waals surface area contributed by atoms with Crippen LogP contribution in [0.3, 0.4) is 0 Å². The third-order valence-corrected chi connectivity index (χ3v) is 3.58.